The van der Waals surface area contributed by atoms with Crippen LogP contribution in [0.5, 0.6) is 0 Å². The van der Waals surface area contributed by atoms with Crippen LogP contribution in [0, 0.1) is 0 Å². The van der Waals surface area contributed by atoms with Gasteiger partial charge < -0.3 is 10.2 Å². The van der Waals surface area contributed by atoms with Crippen molar-refractivity contribution in [2.45, 2.75) is 18.5 Å². The molecule has 0 aliphatic carbocycles. The fraction of sp³-hybridized carbons (Fsp3) is 0.727. The highest BCUT2D eigenvalue weighted by atomic mass is 35.5. The molecule has 0 aromatic rings. The third kappa shape index (κ3) is 2.39. The number of hydrogen-bond donors (Lipinski definition) is 1. The normalized spacial score (nSPS) is 25.5. The lowest BCUT2D eigenvalue weighted by Crippen LogP contribution is -2.59. The van der Waals surface area contributed by atoms with E-state index >= 15 is 0 Å². The van der Waals surface area contributed by atoms with E-state index in [-0.39, 0.29) is 24.4 Å². The summed E-state index contributed by atoms with van der Waals surface area (Å²) < 4.78 is 0. The Morgan fingerprint density at radius 3 is 2.81 bits per heavy atom. The maximum Gasteiger partial charge on any atom is 0.240 e. The van der Waals surface area contributed by atoms with Crippen LogP contribution in [-0.2, 0) is 4.79 Å². The molecule has 0 aromatic carbocycles. The van der Waals surface area contributed by atoms with Gasteiger partial charge in [0.15, 0.2) is 0 Å². The number of nitrogens with one attached hydrogen (secondary N) is 1. The van der Waals surface area contributed by atoms with Crippen molar-refractivity contribution in [3.63, 3.8) is 0 Å². The molecule has 2 rings (SSSR count). The maximum atomic E-state index is 12.0. The Hall–Kier alpha value is -0.580. The van der Waals surface area contributed by atoms with Crippen molar-refractivity contribution in [1.82, 2.24) is 15.1 Å². The predicted molar refractivity (Wildman–Crippen MR) is 66.9 cm³/mol. The summed E-state index contributed by atoms with van der Waals surface area (Å²) in [5.74, 6) is 0.268. The highest BCUT2D eigenvalue weighted by Gasteiger charge is 2.37. The molecule has 2 fully saturated rings. The van der Waals surface area contributed by atoms with Crippen LogP contribution in [0.4, 0.5) is 0 Å². The number of likely N-dealkylation sites (N-methyl/N-ethyl adjacent to an activating group) is 1. The number of rotatable bonds is 4. The fourth-order valence-electron chi connectivity index (χ4n) is 2.25. The molecule has 1 amide bonds. The van der Waals surface area contributed by atoms with Crippen LogP contribution in [0.2, 0.25) is 0 Å². The highest BCUT2D eigenvalue weighted by Crippen LogP contribution is 2.19. The first-order valence-corrected chi connectivity index (χ1v) is 5.56. The van der Waals surface area contributed by atoms with E-state index in [4.69, 9.17) is 0 Å². The van der Waals surface area contributed by atoms with Crippen LogP contribution in [0.15, 0.2) is 12.7 Å². The zero-order valence-corrected chi connectivity index (χ0v) is 10.5. The molecule has 2 aliphatic rings. The molecule has 2 aliphatic heterocycles. The monoisotopic (exact) mass is 245 g/mol. The van der Waals surface area contributed by atoms with Gasteiger partial charge in [-0.3, -0.25) is 9.69 Å². The fourth-order valence-corrected chi connectivity index (χ4v) is 2.25. The first-order valence-electron chi connectivity index (χ1n) is 5.56. The third-order valence-corrected chi connectivity index (χ3v) is 3.45. The molecule has 2 heterocycles. The van der Waals surface area contributed by atoms with Gasteiger partial charge in [-0.1, -0.05) is 6.08 Å². The highest BCUT2D eigenvalue weighted by molar-refractivity contribution is 5.85. The summed E-state index contributed by atoms with van der Waals surface area (Å²) in [6, 6.07) is 0.639. The Morgan fingerprint density at radius 2 is 2.31 bits per heavy atom. The molecule has 2 saturated heterocycles. The Bertz CT molecular complexity index is 268. The molecule has 1 atom stereocenters. The van der Waals surface area contributed by atoms with Crippen molar-refractivity contribution in [3.8, 4) is 0 Å². The summed E-state index contributed by atoms with van der Waals surface area (Å²) in [6.45, 7) is 7.27. The van der Waals surface area contributed by atoms with Crippen LogP contribution in [-0.4, -0.2) is 61.0 Å². The lowest BCUT2D eigenvalue weighted by Gasteiger charge is -2.38. The number of carbonyl (C=O) groups is 1. The van der Waals surface area contributed by atoms with Crippen molar-refractivity contribution in [3.05, 3.63) is 12.7 Å². The average molecular weight is 246 g/mol. The van der Waals surface area contributed by atoms with Crippen LogP contribution in [0.1, 0.15) is 6.42 Å². The van der Waals surface area contributed by atoms with Gasteiger partial charge in [-0.25, -0.2) is 0 Å². The van der Waals surface area contributed by atoms with Crippen molar-refractivity contribution >= 4 is 18.3 Å². The molecule has 5 heteroatoms. The second-order valence-corrected chi connectivity index (χ2v) is 4.35. The lowest BCUT2D eigenvalue weighted by atomic mass is 10.1. The Balaban J connectivity index is 0.00000128. The SMILES string of the molecule is C=CCN1CCC(N(C)C2CNC2)C1=O.Cl. The number of likely N-dealkylation sites (tertiary alicyclic amines) is 1. The van der Waals surface area contributed by atoms with Crippen LogP contribution < -0.4 is 5.32 Å². The number of halogens is 1. The second-order valence-electron chi connectivity index (χ2n) is 4.35. The predicted octanol–water partition coefficient (Wildman–Crippen LogP) is 0.0987. The molecule has 1 unspecified atom stereocenters. The van der Waals surface area contributed by atoms with Crippen LogP contribution in [0.3, 0.4) is 0 Å². The van der Waals surface area contributed by atoms with Crippen molar-refractivity contribution < 1.29 is 4.79 Å². The minimum atomic E-state index is 0. The van der Waals surface area contributed by atoms with Crippen molar-refractivity contribution in [2.75, 3.05) is 33.2 Å². The molecular formula is C11H20ClN3O. The van der Waals surface area contributed by atoms with E-state index in [1.165, 1.54) is 0 Å². The molecule has 0 radical (unpaired) electrons. The summed E-state index contributed by atoms with van der Waals surface area (Å²) in [6.07, 6.45) is 2.75. The molecule has 92 valence electrons. The van der Waals surface area contributed by atoms with Gasteiger partial charge in [0.2, 0.25) is 5.91 Å². The average Bonchev–Trinajstić information content (AvgIpc) is 2.46. The number of carbonyl (C=O) groups excluding carboxylic acids is 1. The van der Waals surface area contributed by atoms with Gasteiger partial charge in [0.25, 0.3) is 0 Å². The molecular weight excluding hydrogens is 226 g/mol. The van der Waals surface area contributed by atoms with E-state index < -0.39 is 0 Å². The van der Waals surface area contributed by atoms with Gasteiger partial charge in [-0.05, 0) is 13.5 Å². The third-order valence-electron chi connectivity index (χ3n) is 3.45. The van der Waals surface area contributed by atoms with E-state index in [1.54, 1.807) is 6.08 Å². The summed E-state index contributed by atoms with van der Waals surface area (Å²) in [7, 11) is 2.06. The van der Waals surface area contributed by atoms with Gasteiger partial charge >= 0.3 is 0 Å². The van der Waals surface area contributed by atoms with Crippen molar-refractivity contribution in [1.29, 1.82) is 0 Å². The minimum absolute atomic E-state index is 0. The van der Waals surface area contributed by atoms with Gasteiger partial charge in [-0.2, -0.15) is 0 Å². The van der Waals surface area contributed by atoms with Gasteiger partial charge in [0.1, 0.15) is 0 Å². The zero-order chi connectivity index (χ0) is 10.8. The quantitative estimate of drug-likeness (QED) is 0.714. The number of hydrogen-bond acceptors (Lipinski definition) is 3. The molecule has 0 saturated carbocycles. The lowest BCUT2D eigenvalue weighted by molar-refractivity contribution is -0.132. The van der Waals surface area contributed by atoms with E-state index in [9.17, 15) is 4.79 Å². The van der Waals surface area contributed by atoms with E-state index in [1.807, 2.05) is 4.90 Å². The summed E-state index contributed by atoms with van der Waals surface area (Å²) in [5, 5.41) is 3.23. The van der Waals surface area contributed by atoms with E-state index in [2.05, 4.69) is 23.8 Å². The van der Waals surface area contributed by atoms with Crippen LogP contribution in [0.25, 0.3) is 0 Å². The minimum Gasteiger partial charge on any atom is -0.338 e. The molecule has 1 N–H and O–H groups in total. The zero-order valence-electron chi connectivity index (χ0n) is 9.69. The first kappa shape index (κ1) is 13.5. The number of nitrogens with zero attached hydrogens (tertiary/aromatic N) is 2. The van der Waals surface area contributed by atoms with Crippen LogP contribution >= 0.6 is 12.4 Å². The summed E-state index contributed by atoms with van der Waals surface area (Å²) in [4.78, 5) is 16.1. The Morgan fingerprint density at radius 1 is 1.62 bits per heavy atom. The van der Waals surface area contributed by atoms with Crippen molar-refractivity contribution in [2.24, 2.45) is 0 Å². The second kappa shape index (κ2) is 5.66. The number of amides is 1. The van der Waals surface area contributed by atoms with Gasteiger partial charge in [0, 0.05) is 32.2 Å². The molecule has 4 nitrogen and oxygen atoms in total. The smallest absolute Gasteiger partial charge is 0.240 e. The Labute approximate surface area is 103 Å². The summed E-state index contributed by atoms with van der Waals surface area (Å²) in [5.41, 5.74) is 0. The van der Waals surface area contributed by atoms with Gasteiger partial charge in [0.05, 0.1) is 6.04 Å². The first-order chi connectivity index (χ1) is 7.24. The summed E-state index contributed by atoms with van der Waals surface area (Å²) >= 11 is 0. The van der Waals surface area contributed by atoms with E-state index in [0.29, 0.717) is 12.6 Å². The van der Waals surface area contributed by atoms with Gasteiger partial charge in [-0.15, -0.1) is 19.0 Å². The standard InChI is InChI=1S/C11H19N3O.ClH/c1-3-5-14-6-4-10(11(14)15)13(2)9-7-12-8-9;/h3,9-10,12H,1,4-8H2,2H3;1H. The van der Waals surface area contributed by atoms with E-state index in [0.717, 1.165) is 26.1 Å². The molecule has 0 bridgehead atoms. The molecule has 16 heavy (non-hydrogen) atoms. The topological polar surface area (TPSA) is 35.6 Å². The molecule has 0 aromatic heterocycles. The maximum absolute atomic E-state index is 12.0. The largest absolute Gasteiger partial charge is 0.338 e. The molecule has 0 spiro atoms. The Kier molecular flexibility index (Phi) is 4.77.